The summed E-state index contributed by atoms with van der Waals surface area (Å²) in [5.41, 5.74) is 0. The van der Waals surface area contributed by atoms with E-state index in [1.54, 1.807) is 12.1 Å². The summed E-state index contributed by atoms with van der Waals surface area (Å²) in [6.07, 6.45) is 0.277. The molecule has 0 radical (unpaired) electrons. The highest BCUT2D eigenvalue weighted by molar-refractivity contribution is 7.89. The first-order chi connectivity index (χ1) is 13.8. The van der Waals surface area contributed by atoms with Gasteiger partial charge in [0.05, 0.1) is 12.0 Å². The van der Waals surface area contributed by atoms with Crippen LogP contribution in [0.15, 0.2) is 47.4 Å². The average molecular weight is 421 g/mol. The third kappa shape index (κ3) is 5.18. The Labute approximate surface area is 169 Å². The largest absolute Gasteiger partial charge is 0.497 e. The number of ether oxygens (including phenoxy) is 4. The molecular weight excluding hydrogens is 398 g/mol. The minimum atomic E-state index is -3.93. The number of hydrogen-bond donors (Lipinski definition) is 1. The van der Waals surface area contributed by atoms with E-state index >= 15 is 0 Å². The summed E-state index contributed by atoms with van der Waals surface area (Å²) in [5, 5.41) is 0. The van der Waals surface area contributed by atoms with E-state index < -0.39 is 22.0 Å². The van der Waals surface area contributed by atoms with Gasteiger partial charge >= 0.3 is 5.97 Å². The van der Waals surface area contributed by atoms with Crippen molar-refractivity contribution in [2.75, 3.05) is 13.9 Å². The van der Waals surface area contributed by atoms with E-state index in [4.69, 9.17) is 18.9 Å². The molecule has 0 saturated heterocycles. The zero-order valence-corrected chi connectivity index (χ0v) is 17.2. The van der Waals surface area contributed by atoms with Gasteiger partial charge in [0, 0.05) is 6.07 Å². The Hall–Kier alpha value is -2.78. The summed E-state index contributed by atoms with van der Waals surface area (Å²) < 4.78 is 48.9. The third-order valence-corrected chi connectivity index (χ3v) is 5.71. The number of hydrogen-bond acceptors (Lipinski definition) is 7. The van der Waals surface area contributed by atoms with Crippen molar-refractivity contribution in [1.29, 1.82) is 0 Å². The van der Waals surface area contributed by atoms with E-state index in [-0.39, 0.29) is 29.8 Å². The normalized spacial score (nSPS) is 13.9. The van der Waals surface area contributed by atoms with Crippen LogP contribution >= 0.6 is 0 Å². The lowest BCUT2D eigenvalue weighted by atomic mass is 10.1. The molecule has 0 aromatic heterocycles. The molecule has 0 saturated carbocycles. The van der Waals surface area contributed by atoms with Crippen LogP contribution in [0.5, 0.6) is 23.0 Å². The highest BCUT2D eigenvalue weighted by Gasteiger charge is 2.28. The van der Waals surface area contributed by atoms with Gasteiger partial charge in [-0.25, -0.2) is 13.2 Å². The topological polar surface area (TPSA) is 100 Å². The van der Waals surface area contributed by atoms with E-state index in [1.165, 1.54) is 37.4 Å². The fourth-order valence-corrected chi connectivity index (χ4v) is 4.00. The van der Waals surface area contributed by atoms with Gasteiger partial charge in [0.2, 0.25) is 16.8 Å². The summed E-state index contributed by atoms with van der Waals surface area (Å²) in [5.74, 6) is 1.16. The Kier molecular flexibility index (Phi) is 6.29. The first-order valence-electron chi connectivity index (χ1n) is 9.06. The summed E-state index contributed by atoms with van der Waals surface area (Å²) in [6, 6.07) is 9.58. The first-order valence-corrected chi connectivity index (χ1v) is 10.5. The van der Waals surface area contributed by atoms with Gasteiger partial charge in [0.15, 0.2) is 11.5 Å². The lowest BCUT2D eigenvalue weighted by Gasteiger charge is -2.19. The monoisotopic (exact) mass is 421 g/mol. The number of rotatable bonds is 8. The maximum Gasteiger partial charge on any atom is 0.329 e. The van der Waals surface area contributed by atoms with Crippen molar-refractivity contribution >= 4 is 16.0 Å². The molecule has 0 unspecified atom stereocenters. The number of esters is 1. The predicted octanol–water partition coefficient (Wildman–Crippen LogP) is 2.72. The number of benzene rings is 2. The highest BCUT2D eigenvalue weighted by Crippen LogP contribution is 2.35. The molecule has 1 N–H and O–H groups in total. The number of methoxy groups -OCH3 is 1. The Balaban J connectivity index is 1.76. The summed E-state index contributed by atoms with van der Waals surface area (Å²) in [7, 11) is -2.44. The third-order valence-electron chi connectivity index (χ3n) is 4.22. The van der Waals surface area contributed by atoms with Gasteiger partial charge in [-0.1, -0.05) is 13.8 Å². The molecular formula is C20H23NO7S. The Morgan fingerprint density at radius 1 is 1.07 bits per heavy atom. The van der Waals surface area contributed by atoms with Crippen LogP contribution in [0.4, 0.5) is 0 Å². The molecule has 0 bridgehead atoms. The molecule has 2 aromatic rings. The molecule has 0 spiro atoms. The second-order valence-electron chi connectivity index (χ2n) is 6.92. The van der Waals surface area contributed by atoms with Gasteiger partial charge in [-0.05, 0) is 48.7 Å². The van der Waals surface area contributed by atoms with Gasteiger partial charge in [0.1, 0.15) is 17.5 Å². The van der Waals surface area contributed by atoms with Crippen LogP contribution in [0.1, 0.15) is 20.3 Å². The molecule has 1 aliphatic heterocycles. The van der Waals surface area contributed by atoms with E-state index in [0.29, 0.717) is 17.2 Å². The minimum Gasteiger partial charge on any atom is -0.497 e. The summed E-state index contributed by atoms with van der Waals surface area (Å²) in [6.45, 7) is 3.88. The molecule has 0 fully saturated rings. The van der Waals surface area contributed by atoms with Crippen LogP contribution < -0.4 is 23.7 Å². The van der Waals surface area contributed by atoms with Crippen molar-refractivity contribution in [3.05, 3.63) is 42.5 Å². The number of carbonyl (C=O) groups excluding carboxylic acids is 1. The standard InChI is InChI=1S/C20H23NO7S/c1-13(2)10-17(21-29(23,24)16-7-4-14(25-3)5-8-16)20(22)28-15-6-9-18-19(11-15)27-12-26-18/h4-9,11,13,17,21H,10,12H2,1-3H3/t17-/m0/s1. The zero-order chi connectivity index (χ0) is 21.0. The van der Waals surface area contributed by atoms with Crippen molar-refractivity contribution in [3.8, 4) is 23.0 Å². The number of carbonyl (C=O) groups is 1. The molecule has 3 rings (SSSR count). The molecule has 2 aromatic carbocycles. The quantitative estimate of drug-likeness (QED) is 0.517. The molecule has 0 amide bonds. The number of sulfonamides is 1. The Morgan fingerprint density at radius 2 is 1.72 bits per heavy atom. The van der Waals surface area contributed by atoms with Crippen LogP contribution in [0.2, 0.25) is 0 Å². The first kappa shape index (κ1) is 20.9. The molecule has 29 heavy (non-hydrogen) atoms. The van der Waals surface area contributed by atoms with Gasteiger partial charge in [-0.2, -0.15) is 4.72 Å². The van der Waals surface area contributed by atoms with Crippen LogP contribution in [0.3, 0.4) is 0 Å². The molecule has 9 heteroatoms. The second kappa shape index (κ2) is 8.71. The summed E-state index contributed by atoms with van der Waals surface area (Å²) >= 11 is 0. The fourth-order valence-electron chi connectivity index (χ4n) is 2.80. The SMILES string of the molecule is COc1ccc(S(=O)(=O)N[C@@H](CC(C)C)C(=O)Oc2ccc3c(c2)OCO3)cc1. The fraction of sp³-hybridized carbons (Fsp3) is 0.350. The van der Waals surface area contributed by atoms with Crippen LogP contribution in [-0.4, -0.2) is 34.3 Å². The van der Waals surface area contributed by atoms with Crippen LogP contribution in [0, 0.1) is 5.92 Å². The number of fused-ring (bicyclic) bond motifs is 1. The van der Waals surface area contributed by atoms with E-state index in [2.05, 4.69) is 4.72 Å². The van der Waals surface area contributed by atoms with Crippen LogP contribution in [-0.2, 0) is 14.8 Å². The Bertz CT molecular complexity index is 971. The van der Waals surface area contributed by atoms with Crippen molar-refractivity contribution in [3.63, 3.8) is 0 Å². The van der Waals surface area contributed by atoms with Gasteiger partial charge in [0.25, 0.3) is 0 Å². The highest BCUT2D eigenvalue weighted by atomic mass is 32.2. The van der Waals surface area contributed by atoms with Gasteiger partial charge in [-0.3, -0.25) is 0 Å². The lowest BCUT2D eigenvalue weighted by Crippen LogP contribution is -2.43. The van der Waals surface area contributed by atoms with Gasteiger partial charge < -0.3 is 18.9 Å². The molecule has 156 valence electrons. The molecule has 1 atom stereocenters. The van der Waals surface area contributed by atoms with E-state index in [0.717, 1.165) is 0 Å². The lowest BCUT2D eigenvalue weighted by molar-refractivity contribution is -0.136. The van der Waals surface area contributed by atoms with Crippen LogP contribution in [0.25, 0.3) is 0 Å². The van der Waals surface area contributed by atoms with Crippen molar-refractivity contribution in [2.45, 2.75) is 31.2 Å². The minimum absolute atomic E-state index is 0.0305. The summed E-state index contributed by atoms with van der Waals surface area (Å²) in [4.78, 5) is 12.7. The molecule has 1 heterocycles. The predicted molar refractivity (Wildman–Crippen MR) is 105 cm³/mol. The molecule has 1 aliphatic rings. The van der Waals surface area contributed by atoms with E-state index in [1.807, 2.05) is 13.8 Å². The second-order valence-corrected chi connectivity index (χ2v) is 8.63. The van der Waals surface area contributed by atoms with Crippen molar-refractivity contribution in [1.82, 2.24) is 4.72 Å². The average Bonchev–Trinajstić information content (AvgIpc) is 3.15. The smallest absolute Gasteiger partial charge is 0.329 e. The van der Waals surface area contributed by atoms with Crippen molar-refractivity contribution in [2.24, 2.45) is 5.92 Å². The maximum atomic E-state index is 12.7. The van der Waals surface area contributed by atoms with Gasteiger partial charge in [-0.15, -0.1) is 0 Å². The van der Waals surface area contributed by atoms with E-state index in [9.17, 15) is 13.2 Å². The maximum absolute atomic E-state index is 12.7. The van der Waals surface area contributed by atoms with Crippen molar-refractivity contribution < 1.29 is 32.2 Å². The number of nitrogens with one attached hydrogen (secondary N) is 1. The molecule has 0 aliphatic carbocycles. The Morgan fingerprint density at radius 3 is 2.38 bits per heavy atom. The zero-order valence-electron chi connectivity index (χ0n) is 16.4. The molecule has 8 nitrogen and oxygen atoms in total.